The highest BCUT2D eigenvalue weighted by molar-refractivity contribution is 5.38. The average molecular weight is 348 g/mol. The van der Waals surface area contributed by atoms with Gasteiger partial charge in [0, 0.05) is 31.9 Å². The van der Waals surface area contributed by atoms with Crippen molar-refractivity contribution in [2.45, 2.75) is 32.5 Å². The molecule has 1 fully saturated rings. The molecular weight excluding hydrogens is 326 g/mol. The van der Waals surface area contributed by atoms with E-state index in [4.69, 9.17) is 0 Å². The molecular formula is C18H22F2N4O. The third-order valence-electron chi connectivity index (χ3n) is 4.40. The van der Waals surface area contributed by atoms with Gasteiger partial charge in [0.2, 0.25) is 0 Å². The van der Waals surface area contributed by atoms with E-state index in [2.05, 4.69) is 31.8 Å². The molecule has 134 valence electrons. The molecule has 0 unspecified atom stereocenters. The first-order chi connectivity index (χ1) is 12.1. The highest BCUT2D eigenvalue weighted by Crippen LogP contribution is 2.22. The Bertz CT molecular complexity index is 654. The second-order valence-corrected chi connectivity index (χ2v) is 6.33. The van der Waals surface area contributed by atoms with E-state index in [1.807, 2.05) is 24.4 Å². The summed E-state index contributed by atoms with van der Waals surface area (Å²) in [6, 6.07) is 9.45. The number of anilines is 1. The molecule has 3 rings (SSSR count). The van der Waals surface area contributed by atoms with Crippen LogP contribution in [0.25, 0.3) is 0 Å². The Kier molecular flexibility index (Phi) is 5.75. The lowest BCUT2D eigenvalue weighted by atomic mass is 9.93. The third kappa shape index (κ3) is 5.09. The summed E-state index contributed by atoms with van der Waals surface area (Å²) in [5.41, 5.74) is 1.08. The SMILES string of the molecule is C[C@H]1CN(Cc2ccccn2)CC[C@H]1Nc1ccc(OC(F)F)cn1. The van der Waals surface area contributed by atoms with Gasteiger partial charge >= 0.3 is 6.61 Å². The minimum Gasteiger partial charge on any atom is -0.433 e. The molecule has 0 aliphatic carbocycles. The number of halogens is 2. The zero-order chi connectivity index (χ0) is 17.6. The van der Waals surface area contributed by atoms with E-state index in [0.717, 1.165) is 31.7 Å². The summed E-state index contributed by atoms with van der Waals surface area (Å²) in [7, 11) is 0. The normalized spacial score (nSPS) is 21.3. The number of piperidine rings is 1. The summed E-state index contributed by atoms with van der Waals surface area (Å²) >= 11 is 0. The second kappa shape index (κ2) is 8.20. The van der Waals surface area contributed by atoms with E-state index in [1.165, 1.54) is 12.3 Å². The predicted octanol–water partition coefficient (Wildman–Crippen LogP) is 3.40. The van der Waals surface area contributed by atoms with Gasteiger partial charge in [-0.15, -0.1) is 0 Å². The van der Waals surface area contributed by atoms with Gasteiger partial charge in [-0.1, -0.05) is 13.0 Å². The van der Waals surface area contributed by atoms with Crippen molar-refractivity contribution in [1.82, 2.24) is 14.9 Å². The maximum atomic E-state index is 12.2. The van der Waals surface area contributed by atoms with E-state index in [1.54, 1.807) is 6.07 Å². The van der Waals surface area contributed by atoms with Gasteiger partial charge in [0.15, 0.2) is 0 Å². The first kappa shape index (κ1) is 17.5. The topological polar surface area (TPSA) is 50.3 Å². The van der Waals surface area contributed by atoms with Gasteiger partial charge < -0.3 is 10.1 Å². The Morgan fingerprint density at radius 3 is 2.80 bits per heavy atom. The van der Waals surface area contributed by atoms with E-state index < -0.39 is 6.61 Å². The van der Waals surface area contributed by atoms with Crippen molar-refractivity contribution in [3.05, 3.63) is 48.4 Å². The van der Waals surface area contributed by atoms with E-state index in [-0.39, 0.29) is 5.75 Å². The molecule has 2 aromatic heterocycles. The fourth-order valence-corrected chi connectivity index (χ4v) is 3.14. The molecule has 2 aromatic rings. The van der Waals surface area contributed by atoms with Crippen molar-refractivity contribution >= 4 is 5.82 Å². The van der Waals surface area contributed by atoms with Gasteiger partial charge in [0.1, 0.15) is 11.6 Å². The number of likely N-dealkylation sites (tertiary alicyclic amines) is 1. The fourth-order valence-electron chi connectivity index (χ4n) is 3.14. The Hall–Kier alpha value is -2.28. The van der Waals surface area contributed by atoms with Crippen molar-refractivity contribution in [2.75, 3.05) is 18.4 Å². The first-order valence-electron chi connectivity index (χ1n) is 8.40. The maximum absolute atomic E-state index is 12.2. The zero-order valence-corrected chi connectivity index (χ0v) is 14.1. The van der Waals surface area contributed by atoms with Gasteiger partial charge in [-0.05, 0) is 36.6 Å². The van der Waals surface area contributed by atoms with Crippen molar-refractivity contribution in [3.8, 4) is 5.75 Å². The molecule has 1 aliphatic rings. The van der Waals surface area contributed by atoms with Gasteiger partial charge in [0.25, 0.3) is 0 Å². The van der Waals surface area contributed by atoms with Crippen LogP contribution in [0.2, 0.25) is 0 Å². The molecule has 0 spiro atoms. The van der Waals surface area contributed by atoms with Crippen LogP contribution in [0.3, 0.4) is 0 Å². The first-order valence-corrected chi connectivity index (χ1v) is 8.40. The van der Waals surface area contributed by atoms with Gasteiger partial charge in [-0.25, -0.2) is 4.98 Å². The van der Waals surface area contributed by atoms with Crippen LogP contribution < -0.4 is 10.1 Å². The number of nitrogens with zero attached hydrogens (tertiary/aromatic N) is 3. The minimum atomic E-state index is -2.83. The maximum Gasteiger partial charge on any atom is 0.387 e. The molecule has 1 N–H and O–H groups in total. The summed E-state index contributed by atoms with van der Waals surface area (Å²) in [5, 5.41) is 3.40. The lowest BCUT2D eigenvalue weighted by Gasteiger charge is -2.37. The summed E-state index contributed by atoms with van der Waals surface area (Å²) in [6.45, 7) is 2.18. The quantitative estimate of drug-likeness (QED) is 0.867. The Morgan fingerprint density at radius 1 is 1.28 bits per heavy atom. The second-order valence-electron chi connectivity index (χ2n) is 6.33. The number of pyridine rings is 2. The summed E-state index contributed by atoms with van der Waals surface area (Å²) in [4.78, 5) is 10.9. The zero-order valence-electron chi connectivity index (χ0n) is 14.1. The number of ether oxygens (including phenoxy) is 1. The lowest BCUT2D eigenvalue weighted by molar-refractivity contribution is -0.0500. The van der Waals surface area contributed by atoms with Crippen LogP contribution >= 0.6 is 0 Å². The Balaban J connectivity index is 1.51. The van der Waals surface area contributed by atoms with Crippen LogP contribution in [0.4, 0.5) is 14.6 Å². The number of aromatic nitrogens is 2. The van der Waals surface area contributed by atoms with Crippen LogP contribution in [0.15, 0.2) is 42.7 Å². The summed E-state index contributed by atoms with van der Waals surface area (Å²) < 4.78 is 28.6. The standard InChI is InChI=1S/C18H22F2N4O/c1-13-11-24(12-14-4-2-3-8-21-14)9-7-16(13)23-17-6-5-15(10-22-17)25-18(19)20/h2-6,8,10,13,16,18H,7,9,11-12H2,1H3,(H,22,23)/t13-,16+/m0/s1. The van der Waals surface area contributed by atoms with E-state index in [0.29, 0.717) is 17.8 Å². The largest absolute Gasteiger partial charge is 0.433 e. The third-order valence-corrected chi connectivity index (χ3v) is 4.40. The lowest BCUT2D eigenvalue weighted by Crippen LogP contribution is -2.45. The smallest absolute Gasteiger partial charge is 0.387 e. The molecule has 0 radical (unpaired) electrons. The van der Waals surface area contributed by atoms with E-state index in [9.17, 15) is 8.78 Å². The van der Waals surface area contributed by atoms with Crippen LogP contribution in [0, 0.1) is 5.92 Å². The van der Waals surface area contributed by atoms with Crippen molar-refractivity contribution in [3.63, 3.8) is 0 Å². The molecule has 25 heavy (non-hydrogen) atoms. The number of alkyl halides is 2. The van der Waals surface area contributed by atoms with Gasteiger partial charge in [-0.3, -0.25) is 9.88 Å². The highest BCUT2D eigenvalue weighted by atomic mass is 19.3. The van der Waals surface area contributed by atoms with E-state index >= 15 is 0 Å². The number of nitrogens with one attached hydrogen (secondary N) is 1. The van der Waals surface area contributed by atoms with Crippen LogP contribution in [-0.2, 0) is 6.54 Å². The molecule has 2 atom stereocenters. The molecule has 5 nitrogen and oxygen atoms in total. The van der Waals surface area contributed by atoms with Crippen molar-refractivity contribution < 1.29 is 13.5 Å². The number of hydrogen-bond donors (Lipinski definition) is 1. The van der Waals surface area contributed by atoms with Crippen LogP contribution in [0.1, 0.15) is 19.0 Å². The molecule has 0 amide bonds. The monoisotopic (exact) mass is 348 g/mol. The summed E-state index contributed by atoms with van der Waals surface area (Å²) in [5.74, 6) is 1.19. The Labute approximate surface area is 146 Å². The van der Waals surface area contributed by atoms with Crippen molar-refractivity contribution in [1.29, 1.82) is 0 Å². The minimum absolute atomic E-state index is 0.0683. The molecule has 1 aliphatic heterocycles. The summed E-state index contributed by atoms with van der Waals surface area (Å²) in [6.07, 6.45) is 4.13. The fraction of sp³-hybridized carbons (Fsp3) is 0.444. The highest BCUT2D eigenvalue weighted by Gasteiger charge is 2.26. The predicted molar refractivity (Wildman–Crippen MR) is 91.6 cm³/mol. The Morgan fingerprint density at radius 2 is 2.16 bits per heavy atom. The average Bonchev–Trinajstić information content (AvgIpc) is 2.59. The van der Waals surface area contributed by atoms with Gasteiger partial charge in [0.05, 0.1) is 11.9 Å². The molecule has 1 saturated heterocycles. The molecule has 3 heterocycles. The van der Waals surface area contributed by atoms with Gasteiger partial charge in [-0.2, -0.15) is 8.78 Å². The van der Waals surface area contributed by atoms with Crippen LogP contribution in [0.5, 0.6) is 5.75 Å². The molecule has 0 aromatic carbocycles. The number of rotatable bonds is 6. The molecule has 0 bridgehead atoms. The van der Waals surface area contributed by atoms with Crippen LogP contribution in [-0.4, -0.2) is 40.6 Å². The molecule has 0 saturated carbocycles. The molecule has 7 heteroatoms. The van der Waals surface area contributed by atoms with Crippen molar-refractivity contribution in [2.24, 2.45) is 5.92 Å². The number of hydrogen-bond acceptors (Lipinski definition) is 5.